The van der Waals surface area contributed by atoms with Gasteiger partial charge in [0.25, 0.3) is 0 Å². The van der Waals surface area contributed by atoms with E-state index in [0.29, 0.717) is 30.8 Å². The summed E-state index contributed by atoms with van der Waals surface area (Å²) in [5.74, 6) is 0.544. The number of hydrogen-bond acceptors (Lipinski definition) is 10. The molecular formula is C32H36F3N5O6. The number of methoxy groups -OCH3 is 1. The van der Waals surface area contributed by atoms with Gasteiger partial charge >= 0.3 is 12.3 Å². The monoisotopic (exact) mass is 643 g/mol. The standard InChI is InChI=1S/C32H36F3N5O6/c1-43-27-17-23(46-32(33,34)35)4-2-20(27)18-45-22-5-7-25-19(14-22)3-6-26-28(25)37-31(36)38-29(26)40-10-8-39(9-11-40)12-13-44-24-15-21(16-24)30(41)42/h2,4-5,7,14,17,21,24H,3,6,8-13,15-16,18H2,1H3,(H,41,42)(H2,36,37,38)/t21-,24+. The number of aromatic nitrogens is 2. The molecule has 3 N–H and O–H groups in total. The van der Waals surface area contributed by atoms with Gasteiger partial charge in [0.05, 0.1) is 31.4 Å². The van der Waals surface area contributed by atoms with Crippen LogP contribution in [0, 0.1) is 5.92 Å². The third-order valence-corrected chi connectivity index (χ3v) is 8.74. The molecule has 2 aliphatic carbocycles. The predicted molar refractivity (Wildman–Crippen MR) is 162 cm³/mol. The van der Waals surface area contributed by atoms with Crippen LogP contribution < -0.4 is 24.8 Å². The van der Waals surface area contributed by atoms with E-state index in [1.807, 2.05) is 18.2 Å². The molecular weight excluding hydrogens is 607 g/mol. The molecule has 14 heteroatoms. The molecule has 0 spiro atoms. The summed E-state index contributed by atoms with van der Waals surface area (Å²) in [6.45, 7) is 4.77. The second-order valence-corrected chi connectivity index (χ2v) is 11.7. The van der Waals surface area contributed by atoms with E-state index in [1.165, 1.54) is 25.3 Å². The number of carboxylic acid groups (broad SMARTS) is 1. The van der Waals surface area contributed by atoms with E-state index in [2.05, 4.69) is 24.5 Å². The fourth-order valence-electron chi connectivity index (χ4n) is 6.20. The topological polar surface area (TPSA) is 132 Å². The maximum atomic E-state index is 12.6. The second-order valence-electron chi connectivity index (χ2n) is 11.7. The first-order valence-electron chi connectivity index (χ1n) is 15.2. The molecule has 2 aromatic carbocycles. The van der Waals surface area contributed by atoms with Gasteiger partial charge in [0.15, 0.2) is 0 Å². The summed E-state index contributed by atoms with van der Waals surface area (Å²) >= 11 is 0. The normalized spacial score (nSPS) is 19.5. The van der Waals surface area contributed by atoms with Gasteiger partial charge in [-0.05, 0) is 61.6 Å². The second kappa shape index (κ2) is 13.2. The summed E-state index contributed by atoms with van der Waals surface area (Å²) in [5, 5.41) is 9.03. The van der Waals surface area contributed by atoms with Crippen molar-refractivity contribution in [2.75, 3.05) is 57.1 Å². The van der Waals surface area contributed by atoms with Gasteiger partial charge in [-0.15, -0.1) is 13.2 Å². The molecule has 246 valence electrons. The number of benzene rings is 2. The first-order chi connectivity index (χ1) is 22.1. The number of fused-ring (bicyclic) bond motifs is 3. The summed E-state index contributed by atoms with van der Waals surface area (Å²) in [4.78, 5) is 24.9. The molecule has 2 fully saturated rings. The lowest BCUT2D eigenvalue weighted by atomic mass is 9.82. The van der Waals surface area contributed by atoms with Crippen LogP contribution in [0.4, 0.5) is 24.9 Å². The van der Waals surface area contributed by atoms with E-state index in [0.717, 1.165) is 73.8 Å². The first-order valence-corrected chi connectivity index (χ1v) is 15.2. The van der Waals surface area contributed by atoms with E-state index in [9.17, 15) is 18.0 Å². The van der Waals surface area contributed by atoms with E-state index in [1.54, 1.807) is 0 Å². The van der Waals surface area contributed by atoms with Crippen LogP contribution in [-0.4, -0.2) is 84.9 Å². The van der Waals surface area contributed by atoms with Gasteiger partial charge < -0.3 is 34.7 Å². The number of nitrogens with zero attached hydrogens (tertiary/aromatic N) is 4. The van der Waals surface area contributed by atoms with Crippen molar-refractivity contribution in [2.24, 2.45) is 5.92 Å². The number of nitrogens with two attached hydrogens (primary N) is 1. The number of aliphatic carboxylic acids is 1. The molecule has 0 atom stereocenters. The quantitative estimate of drug-likeness (QED) is 0.310. The number of carbonyl (C=O) groups is 1. The number of alkyl halides is 3. The smallest absolute Gasteiger partial charge is 0.496 e. The van der Waals surface area contributed by atoms with Crippen molar-refractivity contribution in [2.45, 2.75) is 44.8 Å². The molecule has 0 unspecified atom stereocenters. The van der Waals surface area contributed by atoms with Crippen molar-refractivity contribution in [1.82, 2.24) is 14.9 Å². The number of halogens is 3. The third-order valence-electron chi connectivity index (χ3n) is 8.74. The molecule has 0 amide bonds. The Hall–Kier alpha value is -4.30. The number of nitrogen functional groups attached to an aromatic ring is 1. The van der Waals surface area contributed by atoms with Gasteiger partial charge in [0.2, 0.25) is 5.95 Å². The van der Waals surface area contributed by atoms with Crippen LogP contribution in [0.15, 0.2) is 36.4 Å². The van der Waals surface area contributed by atoms with Crippen LogP contribution in [0.2, 0.25) is 0 Å². The predicted octanol–water partition coefficient (Wildman–Crippen LogP) is 4.31. The number of aryl methyl sites for hydroxylation is 1. The Bertz CT molecular complexity index is 1570. The van der Waals surface area contributed by atoms with Crippen LogP contribution >= 0.6 is 0 Å². The lowest BCUT2D eigenvalue weighted by molar-refractivity contribution is -0.274. The zero-order valence-corrected chi connectivity index (χ0v) is 25.4. The van der Waals surface area contributed by atoms with Gasteiger partial charge in [0, 0.05) is 55.5 Å². The summed E-state index contributed by atoms with van der Waals surface area (Å²) in [6, 6.07) is 9.64. The van der Waals surface area contributed by atoms with E-state index in [-0.39, 0.29) is 36.1 Å². The Morgan fingerprint density at radius 1 is 1.04 bits per heavy atom. The molecule has 1 aliphatic heterocycles. The van der Waals surface area contributed by atoms with Crippen molar-refractivity contribution in [3.05, 3.63) is 53.1 Å². The van der Waals surface area contributed by atoms with Crippen molar-refractivity contribution in [3.63, 3.8) is 0 Å². The average Bonchev–Trinajstić information content (AvgIpc) is 3.00. The molecule has 0 bridgehead atoms. The summed E-state index contributed by atoms with van der Waals surface area (Å²) < 4.78 is 58.9. The Labute approximate surface area is 264 Å². The van der Waals surface area contributed by atoms with Crippen molar-refractivity contribution in [1.29, 1.82) is 0 Å². The minimum Gasteiger partial charge on any atom is -0.496 e. The summed E-state index contributed by atoms with van der Waals surface area (Å²) in [7, 11) is 1.38. The highest BCUT2D eigenvalue weighted by atomic mass is 19.4. The van der Waals surface area contributed by atoms with Crippen LogP contribution in [0.1, 0.15) is 29.5 Å². The molecule has 3 aromatic rings. The number of hydrogen-bond donors (Lipinski definition) is 2. The zero-order chi connectivity index (χ0) is 32.4. The minimum absolute atomic E-state index is 0.0504. The Morgan fingerprint density at radius 3 is 2.52 bits per heavy atom. The number of carboxylic acids is 1. The van der Waals surface area contributed by atoms with Gasteiger partial charge in [-0.2, -0.15) is 4.98 Å². The van der Waals surface area contributed by atoms with E-state index < -0.39 is 12.3 Å². The van der Waals surface area contributed by atoms with Gasteiger partial charge in [-0.25, -0.2) is 4.98 Å². The Balaban J connectivity index is 1.07. The number of ether oxygens (including phenoxy) is 4. The molecule has 1 saturated heterocycles. The molecule has 0 radical (unpaired) electrons. The molecule has 3 aliphatic rings. The van der Waals surface area contributed by atoms with Crippen LogP contribution in [0.25, 0.3) is 11.3 Å². The van der Waals surface area contributed by atoms with E-state index >= 15 is 0 Å². The molecule has 2 heterocycles. The number of piperazine rings is 1. The van der Waals surface area contributed by atoms with Crippen LogP contribution in [0.3, 0.4) is 0 Å². The SMILES string of the molecule is COc1cc(OC(F)(F)F)ccc1COc1ccc2c(c1)CCc1c-2nc(N)nc1N1CCN(CCO[C@H]2C[C@@H](C(=O)O)C2)CC1. The highest BCUT2D eigenvalue weighted by Gasteiger charge is 2.35. The number of anilines is 2. The third kappa shape index (κ3) is 7.23. The lowest BCUT2D eigenvalue weighted by Gasteiger charge is -2.38. The largest absolute Gasteiger partial charge is 0.573 e. The van der Waals surface area contributed by atoms with Crippen molar-refractivity contribution < 1.29 is 42.0 Å². The first kappa shape index (κ1) is 31.7. The lowest BCUT2D eigenvalue weighted by Crippen LogP contribution is -2.48. The highest BCUT2D eigenvalue weighted by molar-refractivity contribution is 5.76. The molecule has 1 saturated carbocycles. The van der Waals surface area contributed by atoms with Crippen molar-refractivity contribution >= 4 is 17.7 Å². The maximum absolute atomic E-state index is 12.6. The summed E-state index contributed by atoms with van der Waals surface area (Å²) in [5.41, 5.74) is 10.7. The average molecular weight is 644 g/mol. The molecule has 6 rings (SSSR count). The fraction of sp³-hybridized carbons (Fsp3) is 0.469. The summed E-state index contributed by atoms with van der Waals surface area (Å²) in [6.07, 6.45) is -2.06. The fourth-order valence-corrected chi connectivity index (χ4v) is 6.20. The highest BCUT2D eigenvalue weighted by Crippen LogP contribution is 2.39. The van der Waals surface area contributed by atoms with Crippen LogP contribution in [-0.2, 0) is 29.0 Å². The van der Waals surface area contributed by atoms with Gasteiger partial charge in [-0.3, -0.25) is 9.69 Å². The minimum atomic E-state index is -4.79. The van der Waals surface area contributed by atoms with Gasteiger partial charge in [-0.1, -0.05) is 0 Å². The van der Waals surface area contributed by atoms with E-state index in [4.69, 9.17) is 25.1 Å². The van der Waals surface area contributed by atoms with Gasteiger partial charge in [0.1, 0.15) is 29.7 Å². The van der Waals surface area contributed by atoms with Crippen molar-refractivity contribution in [3.8, 4) is 28.5 Å². The molecule has 11 nitrogen and oxygen atoms in total. The Morgan fingerprint density at radius 2 is 1.80 bits per heavy atom. The maximum Gasteiger partial charge on any atom is 0.573 e. The van der Waals surface area contributed by atoms with Crippen LogP contribution in [0.5, 0.6) is 17.2 Å². The molecule has 1 aromatic heterocycles. The molecule has 46 heavy (non-hydrogen) atoms. The zero-order valence-electron chi connectivity index (χ0n) is 25.4. The number of rotatable bonds is 11. The Kier molecular flexibility index (Phi) is 9.09.